The predicted octanol–water partition coefficient (Wildman–Crippen LogP) is 4.99. The molecule has 1 aliphatic rings. The van der Waals surface area contributed by atoms with Gasteiger partial charge in [-0.3, -0.25) is 9.78 Å². The lowest BCUT2D eigenvalue weighted by molar-refractivity contribution is -0.124. The number of nitrogens with one attached hydrogen (secondary N) is 2. The second kappa shape index (κ2) is 6.85. The van der Waals surface area contributed by atoms with Gasteiger partial charge in [0.2, 0.25) is 5.91 Å². The fraction of sp³-hybridized carbons (Fsp3) is 0.208. The summed E-state index contributed by atoms with van der Waals surface area (Å²) >= 11 is 0. The molecule has 0 unspecified atom stereocenters. The van der Waals surface area contributed by atoms with Gasteiger partial charge in [0, 0.05) is 40.9 Å². The van der Waals surface area contributed by atoms with Crippen molar-refractivity contribution in [2.24, 2.45) is 0 Å². The van der Waals surface area contributed by atoms with Crippen LogP contribution in [0, 0.1) is 6.92 Å². The first-order valence-corrected chi connectivity index (χ1v) is 9.92. The lowest BCUT2D eigenvalue weighted by Crippen LogP contribution is -2.46. The number of benzene rings is 1. The van der Waals surface area contributed by atoms with Crippen molar-refractivity contribution in [1.29, 1.82) is 0 Å². The highest BCUT2D eigenvalue weighted by Crippen LogP contribution is 2.45. The van der Waals surface area contributed by atoms with Crippen LogP contribution in [-0.2, 0) is 10.2 Å². The highest BCUT2D eigenvalue weighted by molar-refractivity contribution is 6.00. The number of pyridine rings is 2. The quantitative estimate of drug-likeness (QED) is 0.522. The van der Waals surface area contributed by atoms with Crippen molar-refractivity contribution in [2.45, 2.75) is 31.6 Å². The van der Waals surface area contributed by atoms with Gasteiger partial charge in [-0.05, 0) is 55.2 Å². The van der Waals surface area contributed by atoms with E-state index in [1.54, 1.807) is 6.20 Å². The fourth-order valence-corrected chi connectivity index (χ4v) is 4.13. The lowest BCUT2D eigenvalue weighted by atomic mass is 9.63. The highest BCUT2D eigenvalue weighted by atomic mass is 16.2. The number of amides is 1. The Bertz CT molecular complexity index is 1190. The highest BCUT2D eigenvalue weighted by Gasteiger charge is 2.45. The van der Waals surface area contributed by atoms with Crippen LogP contribution in [0.4, 0.5) is 5.69 Å². The van der Waals surface area contributed by atoms with E-state index >= 15 is 0 Å². The molecule has 0 aliphatic heterocycles. The normalized spacial score (nSPS) is 15.1. The summed E-state index contributed by atoms with van der Waals surface area (Å²) in [5, 5.41) is 4.19. The van der Waals surface area contributed by atoms with Gasteiger partial charge in [0.1, 0.15) is 5.65 Å². The van der Waals surface area contributed by atoms with Crippen molar-refractivity contribution in [3.05, 3.63) is 78.4 Å². The van der Waals surface area contributed by atoms with Crippen LogP contribution < -0.4 is 5.32 Å². The standard InChI is InChI=1S/C24H22N4O/c1-16-13-21(8-12-25-16)28-23(29)24(9-2-10-24)20-5-3-17(4-6-20)19-14-18-7-11-26-22(18)27-15-19/h3-8,11-15H,2,9-10H2,1H3,(H,26,27)(H,25,28,29). The number of carbonyl (C=O) groups excluding carboxylic acids is 1. The van der Waals surface area contributed by atoms with Gasteiger partial charge in [-0.25, -0.2) is 4.98 Å². The van der Waals surface area contributed by atoms with Crippen molar-refractivity contribution in [3.8, 4) is 11.1 Å². The molecule has 3 heterocycles. The molecule has 0 atom stereocenters. The number of aromatic nitrogens is 3. The number of aromatic amines is 1. The number of aryl methyl sites for hydroxylation is 1. The van der Waals surface area contributed by atoms with E-state index < -0.39 is 5.41 Å². The molecule has 0 bridgehead atoms. The lowest BCUT2D eigenvalue weighted by Gasteiger charge is -2.40. The maximum atomic E-state index is 13.2. The third-order valence-electron chi connectivity index (χ3n) is 5.97. The predicted molar refractivity (Wildman–Crippen MR) is 115 cm³/mol. The first kappa shape index (κ1) is 17.6. The number of hydrogen-bond donors (Lipinski definition) is 2. The Balaban J connectivity index is 1.42. The molecule has 3 aromatic heterocycles. The van der Waals surface area contributed by atoms with Crippen LogP contribution in [0.1, 0.15) is 30.5 Å². The van der Waals surface area contributed by atoms with Crippen molar-refractivity contribution in [1.82, 2.24) is 15.0 Å². The van der Waals surface area contributed by atoms with Crippen LogP contribution in [0.3, 0.4) is 0 Å². The number of H-pyrrole nitrogens is 1. The van der Waals surface area contributed by atoms with Crippen LogP contribution in [0.2, 0.25) is 0 Å². The topological polar surface area (TPSA) is 70.7 Å². The van der Waals surface area contributed by atoms with E-state index in [1.165, 1.54) is 0 Å². The Morgan fingerprint density at radius 1 is 1.03 bits per heavy atom. The van der Waals surface area contributed by atoms with Gasteiger partial charge < -0.3 is 10.3 Å². The Labute approximate surface area is 169 Å². The van der Waals surface area contributed by atoms with E-state index in [4.69, 9.17) is 0 Å². The zero-order valence-electron chi connectivity index (χ0n) is 16.3. The summed E-state index contributed by atoms with van der Waals surface area (Å²) in [6.07, 6.45) is 8.32. The summed E-state index contributed by atoms with van der Waals surface area (Å²) in [5.74, 6) is 0.0671. The molecule has 2 N–H and O–H groups in total. The van der Waals surface area contributed by atoms with Gasteiger partial charge in [-0.15, -0.1) is 0 Å². The average Bonchev–Trinajstić information content (AvgIpc) is 3.15. The van der Waals surface area contributed by atoms with Gasteiger partial charge >= 0.3 is 0 Å². The minimum atomic E-state index is -0.446. The molecule has 144 valence electrons. The first-order valence-electron chi connectivity index (χ1n) is 9.92. The summed E-state index contributed by atoms with van der Waals surface area (Å²) in [4.78, 5) is 24.9. The molecular formula is C24H22N4O. The number of nitrogens with zero attached hydrogens (tertiary/aromatic N) is 2. The van der Waals surface area contributed by atoms with Crippen LogP contribution in [0.25, 0.3) is 22.2 Å². The summed E-state index contributed by atoms with van der Waals surface area (Å²) in [6, 6.07) is 16.3. The molecule has 29 heavy (non-hydrogen) atoms. The van der Waals surface area contributed by atoms with Gasteiger partial charge in [0.05, 0.1) is 5.41 Å². The molecule has 0 spiro atoms. The second-order valence-electron chi connectivity index (χ2n) is 7.79. The summed E-state index contributed by atoms with van der Waals surface area (Å²) < 4.78 is 0. The minimum Gasteiger partial charge on any atom is -0.346 e. The number of hydrogen-bond acceptors (Lipinski definition) is 3. The van der Waals surface area contributed by atoms with Crippen LogP contribution in [-0.4, -0.2) is 20.9 Å². The monoisotopic (exact) mass is 382 g/mol. The van der Waals surface area contributed by atoms with Crippen molar-refractivity contribution in [2.75, 3.05) is 5.32 Å². The van der Waals surface area contributed by atoms with E-state index in [0.29, 0.717) is 0 Å². The van der Waals surface area contributed by atoms with E-state index in [1.807, 2.05) is 37.5 Å². The Morgan fingerprint density at radius 3 is 2.59 bits per heavy atom. The molecule has 0 radical (unpaired) electrons. The number of carbonyl (C=O) groups is 1. The van der Waals surface area contributed by atoms with E-state index in [9.17, 15) is 4.79 Å². The van der Waals surface area contributed by atoms with Gasteiger partial charge in [-0.1, -0.05) is 30.7 Å². The van der Waals surface area contributed by atoms with Crippen molar-refractivity contribution in [3.63, 3.8) is 0 Å². The smallest absolute Gasteiger partial charge is 0.235 e. The Hall–Kier alpha value is -3.47. The third kappa shape index (κ3) is 3.09. The maximum absolute atomic E-state index is 13.2. The number of rotatable bonds is 4. The summed E-state index contributed by atoms with van der Waals surface area (Å²) in [6.45, 7) is 1.92. The molecule has 1 saturated carbocycles. The summed E-state index contributed by atoms with van der Waals surface area (Å²) in [5.41, 5.74) is 5.39. The van der Waals surface area contributed by atoms with Gasteiger partial charge in [0.25, 0.3) is 0 Å². The van der Waals surface area contributed by atoms with Crippen molar-refractivity contribution < 1.29 is 4.79 Å². The van der Waals surface area contributed by atoms with Gasteiger partial charge in [-0.2, -0.15) is 0 Å². The summed E-state index contributed by atoms with van der Waals surface area (Å²) in [7, 11) is 0. The van der Waals surface area contributed by atoms with Crippen LogP contribution in [0.5, 0.6) is 0 Å². The maximum Gasteiger partial charge on any atom is 0.235 e. The van der Waals surface area contributed by atoms with E-state index in [-0.39, 0.29) is 5.91 Å². The fourth-order valence-electron chi connectivity index (χ4n) is 4.13. The minimum absolute atomic E-state index is 0.0671. The van der Waals surface area contributed by atoms with Crippen LogP contribution >= 0.6 is 0 Å². The molecular weight excluding hydrogens is 360 g/mol. The molecule has 5 nitrogen and oxygen atoms in total. The van der Waals surface area contributed by atoms with Crippen LogP contribution in [0.15, 0.2) is 67.1 Å². The molecule has 5 heteroatoms. The molecule has 1 aliphatic carbocycles. The molecule has 5 rings (SSSR count). The zero-order valence-corrected chi connectivity index (χ0v) is 16.3. The SMILES string of the molecule is Cc1cc(NC(=O)C2(c3ccc(-c4cnc5[nH]ccc5c4)cc3)CCC2)ccn1. The Morgan fingerprint density at radius 2 is 1.86 bits per heavy atom. The van der Waals surface area contributed by atoms with Crippen molar-refractivity contribution >= 4 is 22.6 Å². The molecule has 1 aromatic carbocycles. The third-order valence-corrected chi connectivity index (χ3v) is 5.97. The average molecular weight is 382 g/mol. The molecule has 0 saturated heterocycles. The largest absolute Gasteiger partial charge is 0.346 e. The first-order chi connectivity index (χ1) is 14.1. The van der Waals surface area contributed by atoms with E-state index in [2.05, 4.69) is 50.6 Å². The molecule has 1 amide bonds. The van der Waals surface area contributed by atoms with Gasteiger partial charge in [0.15, 0.2) is 0 Å². The molecule has 1 fully saturated rings. The second-order valence-corrected chi connectivity index (χ2v) is 7.79. The number of anilines is 1. The zero-order chi connectivity index (χ0) is 19.8. The van der Waals surface area contributed by atoms with E-state index in [0.717, 1.165) is 58.4 Å². The number of fused-ring (bicyclic) bond motifs is 1. The Kier molecular flexibility index (Phi) is 4.16. The molecule has 4 aromatic rings.